The molecule has 0 spiro atoms. The lowest BCUT2D eigenvalue weighted by molar-refractivity contribution is 0.165. The Morgan fingerprint density at radius 3 is 1.45 bits per heavy atom. The van der Waals surface area contributed by atoms with Crippen LogP contribution >= 0.6 is 0 Å². The number of ether oxygens (including phenoxy) is 5. The number of benzene rings is 6. The molecular formula is C45H43FO5. The van der Waals surface area contributed by atoms with Crippen LogP contribution in [0.5, 0.6) is 28.7 Å². The minimum Gasteiger partial charge on any atom is -0.489 e. The minimum atomic E-state index is -0.555. The summed E-state index contributed by atoms with van der Waals surface area (Å²) in [5, 5.41) is 0. The van der Waals surface area contributed by atoms with Gasteiger partial charge in [0.05, 0.1) is 0 Å². The number of halogens is 1. The zero-order valence-electron chi connectivity index (χ0n) is 29.1. The maximum absolute atomic E-state index is 16.0. The smallest absolute Gasteiger partial charge is 0.164 e. The van der Waals surface area contributed by atoms with Gasteiger partial charge in [0, 0.05) is 29.3 Å². The van der Waals surface area contributed by atoms with E-state index in [1.54, 1.807) is 6.07 Å². The molecule has 6 aromatic carbocycles. The normalized spacial score (nSPS) is 13.1. The lowest BCUT2D eigenvalue weighted by atomic mass is 9.96. The molecule has 0 N–H and O–H groups in total. The van der Waals surface area contributed by atoms with Gasteiger partial charge in [-0.3, -0.25) is 0 Å². The highest BCUT2D eigenvalue weighted by atomic mass is 19.1. The second kappa shape index (κ2) is 17.8. The summed E-state index contributed by atoms with van der Waals surface area (Å²) in [7, 11) is 0. The molecule has 0 aliphatic carbocycles. The summed E-state index contributed by atoms with van der Waals surface area (Å²) in [6, 6.07) is 46.6. The monoisotopic (exact) mass is 682 g/mol. The Labute approximate surface area is 300 Å². The first-order valence-electron chi connectivity index (χ1n) is 17.5. The first-order valence-corrected chi connectivity index (χ1v) is 17.5. The lowest BCUT2D eigenvalue weighted by Crippen LogP contribution is -2.18. The molecule has 0 fully saturated rings. The van der Waals surface area contributed by atoms with Crippen LogP contribution in [0.2, 0.25) is 0 Å². The molecule has 6 heteroatoms. The molecule has 1 heterocycles. The van der Waals surface area contributed by atoms with E-state index in [1.165, 1.54) is 6.07 Å². The molecule has 51 heavy (non-hydrogen) atoms. The van der Waals surface area contributed by atoms with E-state index in [2.05, 4.69) is 0 Å². The van der Waals surface area contributed by atoms with Gasteiger partial charge in [-0.05, 0) is 41.2 Å². The Balaban J connectivity index is 0.00000220. The van der Waals surface area contributed by atoms with Gasteiger partial charge in [0.1, 0.15) is 55.6 Å². The van der Waals surface area contributed by atoms with Crippen LogP contribution in [-0.2, 0) is 32.8 Å². The summed E-state index contributed by atoms with van der Waals surface area (Å²) in [5.41, 5.74) is 5.41. The first-order chi connectivity index (χ1) is 25.2. The predicted octanol–water partition coefficient (Wildman–Crippen LogP) is 11.2. The molecule has 0 saturated carbocycles. The van der Waals surface area contributed by atoms with E-state index in [9.17, 15) is 0 Å². The van der Waals surface area contributed by atoms with Crippen LogP contribution in [0.25, 0.3) is 0 Å². The molecule has 0 aromatic heterocycles. The van der Waals surface area contributed by atoms with Crippen molar-refractivity contribution in [2.24, 2.45) is 0 Å². The Hall–Kier alpha value is -5.75. The molecule has 260 valence electrons. The molecule has 1 aliphatic rings. The summed E-state index contributed by atoms with van der Waals surface area (Å²) >= 11 is 0. The van der Waals surface area contributed by atoms with Gasteiger partial charge in [-0.15, -0.1) is 0 Å². The average molecular weight is 683 g/mol. The SMILES string of the molecule is CC.Fc1cc(OCc2ccccc2)c(OCc2ccccc2)cc1C1CCc2c(OCc3ccccc3)cc(OCc3ccccc3)cc2O1. The summed E-state index contributed by atoms with van der Waals surface area (Å²) in [6.07, 6.45) is 0.633. The van der Waals surface area contributed by atoms with Gasteiger partial charge in [0.15, 0.2) is 11.5 Å². The van der Waals surface area contributed by atoms with Gasteiger partial charge in [0.25, 0.3) is 0 Å². The van der Waals surface area contributed by atoms with Crippen molar-refractivity contribution in [2.75, 3.05) is 0 Å². The fourth-order valence-corrected chi connectivity index (χ4v) is 5.84. The predicted molar refractivity (Wildman–Crippen MR) is 199 cm³/mol. The zero-order chi connectivity index (χ0) is 35.3. The third-order valence-electron chi connectivity index (χ3n) is 8.44. The average Bonchev–Trinajstić information content (AvgIpc) is 3.20. The van der Waals surface area contributed by atoms with Crippen LogP contribution in [0.15, 0.2) is 146 Å². The quantitative estimate of drug-likeness (QED) is 0.121. The van der Waals surface area contributed by atoms with Gasteiger partial charge in [-0.1, -0.05) is 135 Å². The van der Waals surface area contributed by atoms with Crippen molar-refractivity contribution >= 4 is 0 Å². The van der Waals surface area contributed by atoms with Crippen molar-refractivity contribution in [3.05, 3.63) is 185 Å². The van der Waals surface area contributed by atoms with Crippen LogP contribution in [-0.4, -0.2) is 0 Å². The second-order valence-electron chi connectivity index (χ2n) is 12.0. The molecule has 0 amide bonds. The van der Waals surface area contributed by atoms with Crippen molar-refractivity contribution in [1.82, 2.24) is 0 Å². The van der Waals surface area contributed by atoms with Gasteiger partial charge in [-0.25, -0.2) is 4.39 Å². The van der Waals surface area contributed by atoms with Crippen LogP contribution < -0.4 is 23.7 Å². The van der Waals surface area contributed by atoms with Crippen LogP contribution in [0.4, 0.5) is 4.39 Å². The maximum Gasteiger partial charge on any atom is 0.164 e. The van der Waals surface area contributed by atoms with Gasteiger partial charge in [0.2, 0.25) is 0 Å². The minimum absolute atomic E-state index is 0.284. The number of rotatable bonds is 13. The third kappa shape index (κ3) is 9.49. The molecule has 1 unspecified atom stereocenters. The molecular weight excluding hydrogens is 639 g/mol. The Bertz CT molecular complexity index is 1950. The van der Waals surface area contributed by atoms with Gasteiger partial charge >= 0.3 is 0 Å². The van der Waals surface area contributed by atoms with E-state index >= 15 is 4.39 Å². The van der Waals surface area contributed by atoms with E-state index in [-0.39, 0.29) is 6.61 Å². The van der Waals surface area contributed by atoms with Crippen molar-refractivity contribution < 1.29 is 28.1 Å². The molecule has 1 atom stereocenters. The van der Waals surface area contributed by atoms with Crippen molar-refractivity contribution in [1.29, 1.82) is 0 Å². The fraction of sp³-hybridized carbons (Fsp3) is 0.200. The highest BCUT2D eigenvalue weighted by molar-refractivity contribution is 5.53. The van der Waals surface area contributed by atoms with Crippen LogP contribution in [0, 0.1) is 5.82 Å². The second-order valence-corrected chi connectivity index (χ2v) is 12.0. The number of fused-ring (bicyclic) bond motifs is 1. The molecule has 6 aromatic rings. The van der Waals surface area contributed by atoms with Crippen molar-refractivity contribution in [2.45, 2.75) is 59.2 Å². The standard InChI is InChI=1S/C43H37FO5.C2H6/c44-38-26-43(48-30-34-19-11-4-12-20-34)42(47-29-33-17-9-3-10-18-33)25-37(38)39-22-21-36-40(46-28-32-15-7-2-8-16-32)23-35(24-41(36)49-39)45-27-31-13-5-1-6-14-31;1-2/h1-20,23-26,39H,21-22,27-30H2;1-2H3. The highest BCUT2D eigenvalue weighted by Crippen LogP contribution is 2.45. The molecule has 1 aliphatic heterocycles. The largest absolute Gasteiger partial charge is 0.489 e. The number of hydrogen-bond acceptors (Lipinski definition) is 5. The van der Waals surface area contributed by atoms with Crippen molar-refractivity contribution in [3.63, 3.8) is 0 Å². The van der Waals surface area contributed by atoms with E-state index in [0.29, 0.717) is 67.0 Å². The molecule has 5 nitrogen and oxygen atoms in total. The fourth-order valence-electron chi connectivity index (χ4n) is 5.84. The topological polar surface area (TPSA) is 46.2 Å². The Morgan fingerprint density at radius 1 is 0.529 bits per heavy atom. The molecule has 0 bridgehead atoms. The van der Waals surface area contributed by atoms with E-state index in [0.717, 1.165) is 27.8 Å². The first kappa shape index (κ1) is 35.1. The van der Waals surface area contributed by atoms with Crippen molar-refractivity contribution in [3.8, 4) is 28.7 Å². The highest BCUT2D eigenvalue weighted by Gasteiger charge is 2.29. The summed E-state index contributed by atoms with van der Waals surface area (Å²) < 4.78 is 47.5. The van der Waals surface area contributed by atoms with E-state index in [4.69, 9.17) is 23.7 Å². The van der Waals surface area contributed by atoms with Gasteiger partial charge < -0.3 is 23.7 Å². The van der Waals surface area contributed by atoms with Crippen LogP contribution in [0.1, 0.15) is 59.8 Å². The van der Waals surface area contributed by atoms with Crippen LogP contribution in [0.3, 0.4) is 0 Å². The maximum atomic E-state index is 16.0. The number of hydrogen-bond donors (Lipinski definition) is 0. The summed E-state index contributed by atoms with van der Waals surface area (Å²) in [6.45, 7) is 5.39. The molecule has 0 saturated heterocycles. The lowest BCUT2D eigenvalue weighted by Gasteiger charge is -2.29. The summed E-state index contributed by atoms with van der Waals surface area (Å²) in [5.74, 6) is 2.30. The summed E-state index contributed by atoms with van der Waals surface area (Å²) in [4.78, 5) is 0. The van der Waals surface area contributed by atoms with E-state index < -0.39 is 11.9 Å². The Morgan fingerprint density at radius 2 is 0.961 bits per heavy atom. The molecule has 7 rings (SSSR count). The third-order valence-corrected chi connectivity index (χ3v) is 8.44. The Kier molecular flexibility index (Phi) is 12.2. The zero-order valence-corrected chi connectivity index (χ0v) is 29.1. The molecule has 0 radical (unpaired) electrons. The van der Waals surface area contributed by atoms with Gasteiger partial charge in [-0.2, -0.15) is 0 Å². The van der Waals surface area contributed by atoms with E-state index in [1.807, 2.05) is 147 Å².